The number of anilines is 3. The summed E-state index contributed by atoms with van der Waals surface area (Å²) in [6, 6.07) is 6.16. The second kappa shape index (κ2) is 9.38. The van der Waals surface area contributed by atoms with E-state index in [0.717, 1.165) is 5.69 Å². The highest BCUT2D eigenvalue weighted by Gasteiger charge is 2.13. The summed E-state index contributed by atoms with van der Waals surface area (Å²) >= 11 is 0. The van der Waals surface area contributed by atoms with Crippen LogP contribution in [0.4, 0.5) is 17.5 Å². The predicted octanol–water partition coefficient (Wildman–Crippen LogP) is 3.59. The van der Waals surface area contributed by atoms with Crippen molar-refractivity contribution in [2.75, 3.05) is 30.4 Å². The first kappa shape index (κ1) is 19.9. The molecule has 3 rings (SSSR count). The number of nitrogens with zero attached hydrogens (tertiary/aromatic N) is 4. The fourth-order valence-electron chi connectivity index (χ4n) is 2.70. The first-order chi connectivity index (χ1) is 13.6. The van der Waals surface area contributed by atoms with E-state index in [4.69, 9.17) is 9.47 Å². The summed E-state index contributed by atoms with van der Waals surface area (Å²) in [5, 5.41) is 6.51. The first-order valence-electron chi connectivity index (χ1n) is 9.40. The number of ether oxygens (including phenoxy) is 2. The van der Waals surface area contributed by atoms with Gasteiger partial charge < -0.3 is 20.1 Å². The van der Waals surface area contributed by atoms with Crippen molar-refractivity contribution in [2.45, 2.75) is 34.0 Å². The lowest BCUT2D eigenvalue weighted by Crippen LogP contribution is -2.27. The van der Waals surface area contributed by atoms with E-state index < -0.39 is 0 Å². The molecule has 2 N–H and O–H groups in total. The van der Waals surface area contributed by atoms with Gasteiger partial charge in [0, 0.05) is 31.3 Å². The Morgan fingerprint density at radius 2 is 1.71 bits per heavy atom. The highest BCUT2D eigenvalue weighted by molar-refractivity contribution is 5.85. The zero-order chi connectivity index (χ0) is 19.9. The molecule has 0 atom stereocenters. The van der Waals surface area contributed by atoms with Crippen LogP contribution in [0.2, 0.25) is 0 Å². The molecule has 148 valence electrons. The Balaban J connectivity index is 1.87. The maximum absolute atomic E-state index is 5.56. The summed E-state index contributed by atoms with van der Waals surface area (Å²) in [5.74, 6) is 1.02. The molecule has 8 nitrogen and oxygen atoms in total. The summed E-state index contributed by atoms with van der Waals surface area (Å²) in [6.07, 6.45) is 2.87. The van der Waals surface area contributed by atoms with E-state index in [1.807, 2.05) is 19.9 Å². The van der Waals surface area contributed by atoms with Gasteiger partial charge in [-0.3, -0.25) is 0 Å². The SMILES string of the molecule is CCOC(CNc1nc(Nc2ccc(C)c(C)c2)c2nccnc2n1)OCC. The number of benzene rings is 1. The van der Waals surface area contributed by atoms with Crippen molar-refractivity contribution in [1.82, 2.24) is 19.9 Å². The van der Waals surface area contributed by atoms with Crippen molar-refractivity contribution in [3.63, 3.8) is 0 Å². The molecule has 3 aromatic rings. The van der Waals surface area contributed by atoms with Crippen LogP contribution in [0.5, 0.6) is 0 Å². The minimum atomic E-state index is -0.368. The third-order valence-electron chi connectivity index (χ3n) is 4.23. The molecule has 0 bridgehead atoms. The molecular formula is C20H26N6O2. The topological polar surface area (TPSA) is 94.1 Å². The number of nitrogens with one attached hydrogen (secondary N) is 2. The second-order valence-electron chi connectivity index (χ2n) is 6.27. The van der Waals surface area contributed by atoms with Gasteiger partial charge >= 0.3 is 0 Å². The molecule has 0 amide bonds. The molecule has 0 aliphatic carbocycles. The number of aromatic nitrogens is 4. The lowest BCUT2D eigenvalue weighted by atomic mass is 10.1. The molecule has 0 fully saturated rings. The van der Waals surface area contributed by atoms with Gasteiger partial charge in [-0.1, -0.05) is 6.07 Å². The molecule has 2 heterocycles. The van der Waals surface area contributed by atoms with Crippen LogP contribution < -0.4 is 10.6 Å². The summed E-state index contributed by atoms with van der Waals surface area (Å²) in [6.45, 7) is 9.58. The number of hydrogen-bond donors (Lipinski definition) is 2. The zero-order valence-electron chi connectivity index (χ0n) is 16.7. The van der Waals surface area contributed by atoms with Gasteiger partial charge in [0.1, 0.15) is 0 Å². The van der Waals surface area contributed by atoms with Gasteiger partial charge in [-0.05, 0) is 51.0 Å². The van der Waals surface area contributed by atoms with Gasteiger partial charge in [0.25, 0.3) is 0 Å². The summed E-state index contributed by atoms with van der Waals surface area (Å²) in [5.41, 5.74) is 4.48. The van der Waals surface area contributed by atoms with E-state index in [0.29, 0.717) is 42.7 Å². The normalized spacial score (nSPS) is 11.2. The van der Waals surface area contributed by atoms with Crippen molar-refractivity contribution in [3.8, 4) is 0 Å². The summed E-state index contributed by atoms with van der Waals surface area (Å²) < 4.78 is 11.1. The van der Waals surface area contributed by atoms with Crippen LogP contribution in [0, 0.1) is 13.8 Å². The average Bonchev–Trinajstić information content (AvgIpc) is 2.69. The molecule has 8 heteroatoms. The monoisotopic (exact) mass is 382 g/mol. The van der Waals surface area contributed by atoms with Crippen molar-refractivity contribution >= 4 is 28.6 Å². The highest BCUT2D eigenvalue weighted by atomic mass is 16.7. The van der Waals surface area contributed by atoms with Crippen molar-refractivity contribution in [2.24, 2.45) is 0 Å². The molecule has 0 saturated carbocycles. The Kier molecular flexibility index (Phi) is 6.67. The van der Waals surface area contributed by atoms with Crippen LogP contribution in [-0.4, -0.2) is 46.0 Å². The Labute approximate surface area is 164 Å². The molecule has 0 spiro atoms. The third kappa shape index (κ3) is 4.90. The van der Waals surface area contributed by atoms with Gasteiger partial charge in [-0.2, -0.15) is 9.97 Å². The summed E-state index contributed by atoms with van der Waals surface area (Å²) in [7, 11) is 0. The standard InChI is InChI=1S/C20H26N6O2/c1-5-27-16(28-6-2)12-23-20-25-18-17(21-9-10-22-18)19(26-20)24-15-8-7-13(3)14(4)11-15/h7-11,16H,5-6,12H2,1-4H3,(H2,22,23,24,25,26). The average molecular weight is 382 g/mol. The fourth-order valence-corrected chi connectivity index (χ4v) is 2.70. The lowest BCUT2D eigenvalue weighted by molar-refractivity contribution is -0.126. The molecular weight excluding hydrogens is 356 g/mol. The Morgan fingerprint density at radius 3 is 2.43 bits per heavy atom. The smallest absolute Gasteiger partial charge is 0.227 e. The largest absolute Gasteiger partial charge is 0.351 e. The van der Waals surface area contributed by atoms with Gasteiger partial charge in [-0.15, -0.1) is 0 Å². The van der Waals surface area contributed by atoms with E-state index >= 15 is 0 Å². The minimum absolute atomic E-state index is 0.368. The lowest BCUT2D eigenvalue weighted by Gasteiger charge is -2.18. The van der Waals surface area contributed by atoms with Crippen LogP contribution in [0.1, 0.15) is 25.0 Å². The molecule has 2 aromatic heterocycles. The number of aryl methyl sites for hydroxylation is 2. The maximum atomic E-state index is 5.56. The molecule has 0 radical (unpaired) electrons. The van der Waals surface area contributed by atoms with Gasteiger partial charge in [0.05, 0.1) is 6.54 Å². The van der Waals surface area contributed by atoms with E-state index in [-0.39, 0.29) is 6.29 Å². The molecule has 1 aromatic carbocycles. The highest BCUT2D eigenvalue weighted by Crippen LogP contribution is 2.24. The quantitative estimate of drug-likeness (QED) is 0.542. The Bertz CT molecular complexity index is 928. The summed E-state index contributed by atoms with van der Waals surface area (Å²) in [4.78, 5) is 17.8. The number of rotatable bonds is 9. The minimum Gasteiger partial charge on any atom is -0.351 e. The Hall–Kier alpha value is -2.84. The van der Waals surface area contributed by atoms with E-state index in [2.05, 4.69) is 56.5 Å². The first-order valence-corrected chi connectivity index (χ1v) is 9.40. The van der Waals surface area contributed by atoms with Gasteiger partial charge in [0.2, 0.25) is 5.95 Å². The third-order valence-corrected chi connectivity index (χ3v) is 4.23. The molecule has 0 aliphatic heterocycles. The van der Waals surface area contributed by atoms with Crippen LogP contribution in [0.25, 0.3) is 11.2 Å². The fraction of sp³-hybridized carbons (Fsp3) is 0.400. The van der Waals surface area contributed by atoms with Crippen LogP contribution in [0.15, 0.2) is 30.6 Å². The molecule has 28 heavy (non-hydrogen) atoms. The number of fused-ring (bicyclic) bond motifs is 1. The Morgan fingerprint density at radius 1 is 0.964 bits per heavy atom. The van der Waals surface area contributed by atoms with Crippen LogP contribution in [0.3, 0.4) is 0 Å². The maximum Gasteiger partial charge on any atom is 0.227 e. The van der Waals surface area contributed by atoms with Crippen molar-refractivity contribution < 1.29 is 9.47 Å². The van der Waals surface area contributed by atoms with Crippen LogP contribution >= 0.6 is 0 Å². The van der Waals surface area contributed by atoms with Gasteiger partial charge in [-0.25, -0.2) is 9.97 Å². The number of hydrogen-bond acceptors (Lipinski definition) is 8. The van der Waals surface area contributed by atoms with E-state index in [1.165, 1.54) is 11.1 Å². The van der Waals surface area contributed by atoms with Crippen molar-refractivity contribution in [3.05, 3.63) is 41.7 Å². The second-order valence-corrected chi connectivity index (χ2v) is 6.27. The predicted molar refractivity (Wildman–Crippen MR) is 110 cm³/mol. The van der Waals surface area contributed by atoms with E-state index in [9.17, 15) is 0 Å². The van der Waals surface area contributed by atoms with Crippen LogP contribution in [-0.2, 0) is 9.47 Å². The van der Waals surface area contributed by atoms with Crippen molar-refractivity contribution in [1.29, 1.82) is 0 Å². The molecule has 0 unspecified atom stereocenters. The van der Waals surface area contributed by atoms with E-state index in [1.54, 1.807) is 12.4 Å². The van der Waals surface area contributed by atoms with Gasteiger partial charge in [0.15, 0.2) is 23.3 Å². The zero-order valence-corrected chi connectivity index (χ0v) is 16.7. The molecule has 0 saturated heterocycles. The molecule has 0 aliphatic rings.